The number of nitrogens with zero attached hydrogens (tertiary/aromatic N) is 4. The van der Waals surface area contributed by atoms with Crippen molar-refractivity contribution in [3.63, 3.8) is 0 Å². The first-order valence-electron chi connectivity index (χ1n) is 4.91. The minimum Gasteiger partial charge on any atom is -0.385 e. The highest BCUT2D eigenvalue weighted by Crippen LogP contribution is 2.16. The molecule has 0 saturated carbocycles. The van der Waals surface area contributed by atoms with Crippen LogP contribution in [-0.4, -0.2) is 19.4 Å². The first-order chi connectivity index (χ1) is 8.22. The fourth-order valence-corrected chi connectivity index (χ4v) is 2.41. The second-order valence-corrected chi connectivity index (χ2v) is 4.87. The third-order valence-electron chi connectivity index (χ3n) is 2.30. The number of aromatic nitrogens is 4. The molecule has 0 fully saturated rings. The van der Waals surface area contributed by atoms with Crippen molar-refractivity contribution < 1.29 is 0 Å². The molecule has 0 aromatic carbocycles. The van der Waals surface area contributed by atoms with E-state index < -0.39 is 0 Å². The predicted octanol–water partition coefficient (Wildman–Crippen LogP) is 2.01. The number of imidazole rings is 1. The number of nitrogen functional groups attached to an aromatic ring is 1. The Labute approximate surface area is 106 Å². The molecular formula is C10H8ClN5S. The molecule has 0 saturated heterocycles. The lowest BCUT2D eigenvalue weighted by Gasteiger charge is -1.97. The minimum absolute atomic E-state index is 0.349. The van der Waals surface area contributed by atoms with Crippen LogP contribution >= 0.6 is 22.9 Å². The number of halogens is 1. The van der Waals surface area contributed by atoms with Crippen LogP contribution in [0.15, 0.2) is 23.8 Å². The summed E-state index contributed by atoms with van der Waals surface area (Å²) in [5.41, 5.74) is 6.71. The predicted molar refractivity (Wildman–Crippen MR) is 67.3 cm³/mol. The lowest BCUT2D eigenvalue weighted by Crippen LogP contribution is -1.97. The highest BCUT2D eigenvalue weighted by atomic mass is 35.5. The van der Waals surface area contributed by atoms with Crippen LogP contribution in [0.3, 0.4) is 0 Å². The lowest BCUT2D eigenvalue weighted by molar-refractivity contribution is 1.08. The fourth-order valence-electron chi connectivity index (χ4n) is 1.59. The molecule has 0 amide bonds. The van der Waals surface area contributed by atoms with Gasteiger partial charge in [-0.05, 0) is 0 Å². The van der Waals surface area contributed by atoms with Crippen LogP contribution in [-0.2, 0) is 6.42 Å². The molecule has 3 aromatic heterocycles. The van der Waals surface area contributed by atoms with E-state index in [0.717, 1.165) is 10.7 Å². The van der Waals surface area contributed by atoms with Gasteiger partial charge in [0, 0.05) is 30.3 Å². The summed E-state index contributed by atoms with van der Waals surface area (Å²) < 4.78 is 1.72. The molecule has 0 bridgehead atoms. The molecule has 86 valence electrons. The van der Waals surface area contributed by atoms with Crippen LogP contribution in [0.25, 0.3) is 5.78 Å². The van der Waals surface area contributed by atoms with Gasteiger partial charge in [0.25, 0.3) is 0 Å². The second kappa shape index (κ2) is 3.97. The first-order valence-corrected chi connectivity index (χ1v) is 6.16. The van der Waals surface area contributed by atoms with E-state index in [-0.39, 0.29) is 0 Å². The zero-order valence-corrected chi connectivity index (χ0v) is 10.2. The molecular weight excluding hydrogens is 258 g/mol. The number of rotatable bonds is 2. The Balaban J connectivity index is 2.05. The van der Waals surface area contributed by atoms with Gasteiger partial charge in [0.1, 0.15) is 11.0 Å². The van der Waals surface area contributed by atoms with Crippen molar-refractivity contribution in [1.29, 1.82) is 0 Å². The van der Waals surface area contributed by atoms with E-state index in [9.17, 15) is 0 Å². The van der Waals surface area contributed by atoms with Crippen LogP contribution < -0.4 is 5.73 Å². The summed E-state index contributed by atoms with van der Waals surface area (Å²) >= 11 is 7.42. The van der Waals surface area contributed by atoms with Gasteiger partial charge in [-0.25, -0.2) is 15.0 Å². The molecule has 0 aliphatic heterocycles. The number of hydrogen-bond donors (Lipinski definition) is 1. The standard InChI is InChI=1S/C10H8ClN5S/c11-7-4-8(12)16-5-6(14-10(16)15-7)3-9-13-1-2-17-9/h1-2,4-5H,3,12H2. The summed E-state index contributed by atoms with van der Waals surface area (Å²) in [6.07, 6.45) is 4.31. The topological polar surface area (TPSA) is 69.1 Å². The molecule has 3 rings (SSSR count). The van der Waals surface area contributed by atoms with Crippen molar-refractivity contribution >= 4 is 34.5 Å². The van der Waals surface area contributed by atoms with E-state index in [2.05, 4.69) is 15.0 Å². The maximum atomic E-state index is 5.83. The van der Waals surface area contributed by atoms with Gasteiger partial charge in [0.2, 0.25) is 5.78 Å². The summed E-state index contributed by atoms with van der Waals surface area (Å²) in [7, 11) is 0. The molecule has 17 heavy (non-hydrogen) atoms. The van der Waals surface area contributed by atoms with Crippen molar-refractivity contribution in [2.45, 2.75) is 6.42 Å². The van der Waals surface area contributed by atoms with Gasteiger partial charge in [0.05, 0.1) is 10.7 Å². The highest BCUT2D eigenvalue weighted by Gasteiger charge is 2.08. The van der Waals surface area contributed by atoms with E-state index in [1.54, 1.807) is 28.0 Å². The summed E-state index contributed by atoms with van der Waals surface area (Å²) in [5, 5.41) is 3.30. The molecule has 0 unspecified atom stereocenters. The average Bonchev–Trinajstić information content (AvgIpc) is 2.87. The van der Waals surface area contributed by atoms with Crippen LogP contribution in [0.4, 0.5) is 5.82 Å². The monoisotopic (exact) mass is 265 g/mol. The second-order valence-electron chi connectivity index (χ2n) is 3.51. The third-order valence-corrected chi connectivity index (χ3v) is 3.28. The van der Waals surface area contributed by atoms with E-state index in [0.29, 0.717) is 23.2 Å². The molecule has 3 aromatic rings. The number of anilines is 1. The van der Waals surface area contributed by atoms with Crippen molar-refractivity contribution in [1.82, 2.24) is 19.4 Å². The van der Waals surface area contributed by atoms with Gasteiger partial charge < -0.3 is 5.73 Å². The van der Waals surface area contributed by atoms with Gasteiger partial charge in [-0.15, -0.1) is 11.3 Å². The van der Waals surface area contributed by atoms with Crippen LogP contribution in [0.2, 0.25) is 5.15 Å². The Kier molecular flexibility index (Phi) is 2.45. The van der Waals surface area contributed by atoms with Gasteiger partial charge in [-0.2, -0.15) is 0 Å². The molecule has 3 heterocycles. The SMILES string of the molecule is Nc1cc(Cl)nc2nc(Cc3nccs3)cn12. The van der Waals surface area contributed by atoms with E-state index in [4.69, 9.17) is 17.3 Å². The third kappa shape index (κ3) is 1.96. The Hall–Kier alpha value is -1.66. The highest BCUT2D eigenvalue weighted by molar-refractivity contribution is 7.09. The van der Waals surface area contributed by atoms with E-state index >= 15 is 0 Å². The molecule has 5 nitrogen and oxygen atoms in total. The fraction of sp³-hybridized carbons (Fsp3) is 0.100. The van der Waals surface area contributed by atoms with Crippen molar-refractivity contribution in [2.24, 2.45) is 0 Å². The smallest absolute Gasteiger partial charge is 0.237 e. The van der Waals surface area contributed by atoms with Crippen LogP contribution in [0, 0.1) is 0 Å². The summed E-state index contributed by atoms with van der Waals surface area (Å²) in [4.78, 5) is 12.7. The number of nitrogens with two attached hydrogens (primary N) is 1. The van der Waals surface area contributed by atoms with Gasteiger partial charge in [-0.3, -0.25) is 4.40 Å². The molecule has 0 spiro atoms. The first kappa shape index (κ1) is 10.5. The zero-order valence-electron chi connectivity index (χ0n) is 8.67. The lowest BCUT2D eigenvalue weighted by atomic mass is 10.3. The maximum absolute atomic E-state index is 5.83. The summed E-state index contributed by atoms with van der Waals surface area (Å²) in [6, 6.07) is 1.60. The van der Waals surface area contributed by atoms with Crippen molar-refractivity contribution in [3.8, 4) is 0 Å². The largest absolute Gasteiger partial charge is 0.385 e. The van der Waals surface area contributed by atoms with Crippen LogP contribution in [0.1, 0.15) is 10.7 Å². The normalized spacial score (nSPS) is 11.1. The summed E-state index contributed by atoms with van der Waals surface area (Å²) in [5.74, 6) is 1.04. The molecule has 7 heteroatoms. The van der Waals surface area contributed by atoms with Crippen LogP contribution in [0.5, 0.6) is 0 Å². The van der Waals surface area contributed by atoms with Gasteiger partial charge >= 0.3 is 0 Å². The zero-order chi connectivity index (χ0) is 11.8. The minimum atomic E-state index is 0.349. The number of hydrogen-bond acceptors (Lipinski definition) is 5. The Morgan fingerprint density at radius 2 is 2.29 bits per heavy atom. The molecule has 0 aliphatic carbocycles. The number of fused-ring (bicyclic) bond motifs is 1. The Morgan fingerprint density at radius 3 is 3.06 bits per heavy atom. The van der Waals surface area contributed by atoms with Crippen molar-refractivity contribution in [2.75, 3.05) is 5.73 Å². The maximum Gasteiger partial charge on any atom is 0.237 e. The number of thiazole rings is 1. The Morgan fingerprint density at radius 1 is 1.41 bits per heavy atom. The average molecular weight is 266 g/mol. The van der Waals surface area contributed by atoms with E-state index in [1.165, 1.54) is 0 Å². The summed E-state index contributed by atoms with van der Waals surface area (Å²) in [6.45, 7) is 0. The van der Waals surface area contributed by atoms with E-state index in [1.807, 2.05) is 11.6 Å². The van der Waals surface area contributed by atoms with Gasteiger partial charge in [0.15, 0.2) is 0 Å². The quantitative estimate of drug-likeness (QED) is 0.720. The Bertz CT molecular complexity index is 661. The molecule has 2 N–H and O–H groups in total. The molecule has 0 radical (unpaired) electrons. The molecule has 0 aliphatic rings. The van der Waals surface area contributed by atoms with Gasteiger partial charge in [-0.1, -0.05) is 11.6 Å². The molecule has 0 atom stereocenters. The van der Waals surface area contributed by atoms with Crippen molar-refractivity contribution in [3.05, 3.63) is 39.7 Å².